The fourth-order valence-electron chi connectivity index (χ4n) is 1.73. The zero-order valence-corrected chi connectivity index (χ0v) is 12.7. The summed E-state index contributed by atoms with van der Waals surface area (Å²) in [6.45, 7) is 6.59. The molecular weight excluding hydrogens is 274 g/mol. The largest absolute Gasteiger partial charge is 0.491 e. The van der Waals surface area contributed by atoms with E-state index in [1.165, 1.54) is 12.1 Å². The Morgan fingerprint density at radius 3 is 2.62 bits per heavy atom. The summed E-state index contributed by atoms with van der Waals surface area (Å²) < 4.78 is 10.5. The van der Waals surface area contributed by atoms with E-state index in [4.69, 9.17) is 9.47 Å². The first-order valence-electron chi connectivity index (χ1n) is 6.92. The van der Waals surface area contributed by atoms with Crippen molar-refractivity contribution in [1.29, 1.82) is 0 Å². The summed E-state index contributed by atoms with van der Waals surface area (Å²) >= 11 is 0. The Hall–Kier alpha value is -1.86. The van der Waals surface area contributed by atoms with Crippen molar-refractivity contribution in [1.82, 2.24) is 5.32 Å². The maximum absolute atomic E-state index is 10.9. The standard InChI is InChI=1S/C14H23N3O4/c1-11(2)21-14-9-12(8-13(10-14)17(18)19)16-5-4-15-6-7-20-3/h8-11,15-16H,4-7H2,1-3H3. The molecule has 7 heteroatoms. The Labute approximate surface area is 124 Å². The van der Waals surface area contributed by atoms with E-state index < -0.39 is 4.92 Å². The zero-order chi connectivity index (χ0) is 15.7. The molecule has 0 atom stereocenters. The van der Waals surface area contributed by atoms with Crippen LogP contribution < -0.4 is 15.4 Å². The highest BCUT2D eigenvalue weighted by atomic mass is 16.6. The van der Waals surface area contributed by atoms with Gasteiger partial charge in [0.05, 0.1) is 23.7 Å². The van der Waals surface area contributed by atoms with Gasteiger partial charge in [0.15, 0.2) is 0 Å². The molecule has 0 saturated carbocycles. The lowest BCUT2D eigenvalue weighted by Gasteiger charge is -2.12. The van der Waals surface area contributed by atoms with E-state index in [0.29, 0.717) is 24.6 Å². The fourth-order valence-corrected chi connectivity index (χ4v) is 1.73. The van der Waals surface area contributed by atoms with Crippen LogP contribution >= 0.6 is 0 Å². The van der Waals surface area contributed by atoms with E-state index in [1.807, 2.05) is 13.8 Å². The third kappa shape index (κ3) is 6.92. The van der Waals surface area contributed by atoms with Gasteiger partial charge in [-0.25, -0.2) is 0 Å². The summed E-state index contributed by atoms with van der Waals surface area (Å²) in [5, 5.41) is 17.3. The Morgan fingerprint density at radius 2 is 2.00 bits per heavy atom. The molecule has 0 unspecified atom stereocenters. The SMILES string of the molecule is COCCNCCNc1cc(OC(C)C)cc([N+](=O)[O-])c1. The molecule has 0 bridgehead atoms. The van der Waals surface area contributed by atoms with Gasteiger partial charge in [0.25, 0.3) is 5.69 Å². The summed E-state index contributed by atoms with van der Waals surface area (Å²) in [6.07, 6.45) is -0.0319. The number of rotatable bonds is 10. The molecule has 0 aliphatic carbocycles. The topological polar surface area (TPSA) is 85.7 Å². The molecule has 1 aromatic carbocycles. The molecule has 2 N–H and O–H groups in total. The molecule has 0 amide bonds. The van der Waals surface area contributed by atoms with Gasteiger partial charge < -0.3 is 20.1 Å². The highest BCUT2D eigenvalue weighted by molar-refractivity contribution is 5.56. The Balaban J connectivity index is 2.59. The molecule has 0 aliphatic heterocycles. The van der Waals surface area contributed by atoms with Crippen LogP contribution in [-0.2, 0) is 4.74 Å². The highest BCUT2D eigenvalue weighted by Crippen LogP contribution is 2.26. The smallest absolute Gasteiger partial charge is 0.275 e. The van der Waals surface area contributed by atoms with Gasteiger partial charge >= 0.3 is 0 Å². The number of non-ortho nitro benzene ring substituents is 1. The summed E-state index contributed by atoms with van der Waals surface area (Å²) in [5.41, 5.74) is 0.691. The number of benzene rings is 1. The Kier molecular flexibility index (Phi) is 7.49. The van der Waals surface area contributed by atoms with Crippen LogP contribution in [0.2, 0.25) is 0 Å². The molecule has 1 aromatic rings. The first kappa shape index (κ1) is 17.2. The first-order valence-corrected chi connectivity index (χ1v) is 6.92. The van der Waals surface area contributed by atoms with Gasteiger partial charge in [0, 0.05) is 44.6 Å². The molecule has 118 valence electrons. The lowest BCUT2D eigenvalue weighted by molar-refractivity contribution is -0.384. The van der Waals surface area contributed by atoms with Crippen LogP contribution in [-0.4, -0.2) is 44.4 Å². The molecule has 0 spiro atoms. The second-order valence-electron chi connectivity index (χ2n) is 4.81. The van der Waals surface area contributed by atoms with Crippen molar-refractivity contribution in [2.24, 2.45) is 0 Å². The zero-order valence-electron chi connectivity index (χ0n) is 12.7. The van der Waals surface area contributed by atoms with Crippen molar-refractivity contribution in [3.8, 4) is 5.75 Å². The van der Waals surface area contributed by atoms with Crippen molar-refractivity contribution in [3.05, 3.63) is 28.3 Å². The fraction of sp³-hybridized carbons (Fsp3) is 0.571. The van der Waals surface area contributed by atoms with Gasteiger partial charge in [0.2, 0.25) is 0 Å². The van der Waals surface area contributed by atoms with Crippen LogP contribution in [0.15, 0.2) is 18.2 Å². The average Bonchev–Trinajstić information content (AvgIpc) is 2.41. The lowest BCUT2D eigenvalue weighted by atomic mass is 10.2. The van der Waals surface area contributed by atoms with Crippen LogP contribution in [0.4, 0.5) is 11.4 Å². The van der Waals surface area contributed by atoms with E-state index in [2.05, 4.69) is 10.6 Å². The number of methoxy groups -OCH3 is 1. The molecule has 0 radical (unpaired) electrons. The molecule has 1 rings (SSSR count). The number of hydrogen-bond donors (Lipinski definition) is 2. The first-order chi connectivity index (χ1) is 10.0. The second kappa shape index (κ2) is 9.15. The van der Waals surface area contributed by atoms with E-state index in [-0.39, 0.29) is 11.8 Å². The van der Waals surface area contributed by atoms with E-state index in [0.717, 1.165) is 13.1 Å². The second-order valence-corrected chi connectivity index (χ2v) is 4.81. The van der Waals surface area contributed by atoms with Gasteiger partial charge in [0.1, 0.15) is 5.75 Å². The van der Waals surface area contributed by atoms with Crippen LogP contribution in [0.5, 0.6) is 5.75 Å². The maximum atomic E-state index is 10.9. The number of nitrogens with zero attached hydrogens (tertiary/aromatic N) is 1. The normalized spacial score (nSPS) is 10.7. The summed E-state index contributed by atoms with van der Waals surface area (Å²) in [4.78, 5) is 10.5. The van der Waals surface area contributed by atoms with Gasteiger partial charge in [-0.3, -0.25) is 10.1 Å². The third-order valence-corrected chi connectivity index (χ3v) is 2.59. The van der Waals surface area contributed by atoms with Crippen LogP contribution in [0, 0.1) is 10.1 Å². The minimum atomic E-state index is -0.421. The van der Waals surface area contributed by atoms with Gasteiger partial charge in [-0.05, 0) is 13.8 Å². The molecule has 0 fully saturated rings. The average molecular weight is 297 g/mol. The van der Waals surface area contributed by atoms with Gasteiger partial charge in [-0.15, -0.1) is 0 Å². The number of nitro groups is 1. The highest BCUT2D eigenvalue weighted by Gasteiger charge is 2.11. The van der Waals surface area contributed by atoms with E-state index >= 15 is 0 Å². The van der Waals surface area contributed by atoms with E-state index in [1.54, 1.807) is 13.2 Å². The molecule has 21 heavy (non-hydrogen) atoms. The van der Waals surface area contributed by atoms with Crippen LogP contribution in [0.3, 0.4) is 0 Å². The monoisotopic (exact) mass is 297 g/mol. The van der Waals surface area contributed by atoms with Crippen molar-refractivity contribution >= 4 is 11.4 Å². The molecule has 0 heterocycles. The van der Waals surface area contributed by atoms with Crippen molar-refractivity contribution < 1.29 is 14.4 Å². The van der Waals surface area contributed by atoms with Crippen molar-refractivity contribution in [2.75, 3.05) is 38.7 Å². The van der Waals surface area contributed by atoms with Crippen LogP contribution in [0.1, 0.15) is 13.8 Å². The quantitative estimate of drug-likeness (QED) is 0.390. The summed E-state index contributed by atoms with van der Waals surface area (Å²) in [7, 11) is 1.65. The minimum absolute atomic E-state index is 0.0167. The molecule has 7 nitrogen and oxygen atoms in total. The number of hydrogen-bond acceptors (Lipinski definition) is 6. The van der Waals surface area contributed by atoms with Crippen molar-refractivity contribution in [2.45, 2.75) is 20.0 Å². The summed E-state index contributed by atoms with van der Waals surface area (Å²) in [5.74, 6) is 0.494. The van der Waals surface area contributed by atoms with Crippen LogP contribution in [0.25, 0.3) is 0 Å². The van der Waals surface area contributed by atoms with Crippen molar-refractivity contribution in [3.63, 3.8) is 0 Å². The summed E-state index contributed by atoms with van der Waals surface area (Å²) in [6, 6.07) is 4.70. The number of anilines is 1. The van der Waals surface area contributed by atoms with Gasteiger partial charge in [-0.2, -0.15) is 0 Å². The molecule has 0 aromatic heterocycles. The maximum Gasteiger partial charge on any atom is 0.275 e. The Morgan fingerprint density at radius 1 is 1.24 bits per heavy atom. The van der Waals surface area contributed by atoms with Gasteiger partial charge in [-0.1, -0.05) is 0 Å². The minimum Gasteiger partial charge on any atom is -0.491 e. The molecule has 0 saturated heterocycles. The predicted octanol–water partition coefficient (Wildman–Crippen LogP) is 2.03. The predicted molar refractivity (Wildman–Crippen MR) is 82.1 cm³/mol. The third-order valence-electron chi connectivity index (χ3n) is 2.59. The number of nitro benzene ring substituents is 1. The lowest BCUT2D eigenvalue weighted by Crippen LogP contribution is -2.25. The number of nitrogens with one attached hydrogen (secondary N) is 2. The molecular formula is C14H23N3O4. The van der Waals surface area contributed by atoms with E-state index in [9.17, 15) is 10.1 Å². The Bertz CT molecular complexity index is 452. The number of ether oxygens (including phenoxy) is 2. The molecule has 0 aliphatic rings.